The molecule has 3 nitrogen and oxygen atoms in total. The summed E-state index contributed by atoms with van der Waals surface area (Å²) in [5, 5.41) is 0. The van der Waals surface area contributed by atoms with E-state index in [1.807, 2.05) is 12.1 Å². The number of rotatable bonds is 3. The Bertz CT molecular complexity index is 629. The van der Waals surface area contributed by atoms with Crippen LogP contribution in [-0.2, 0) is 6.42 Å². The van der Waals surface area contributed by atoms with E-state index in [0.717, 1.165) is 30.0 Å². The van der Waals surface area contributed by atoms with Crippen LogP contribution >= 0.6 is 0 Å². The van der Waals surface area contributed by atoms with Crippen molar-refractivity contribution in [2.75, 3.05) is 5.73 Å². The van der Waals surface area contributed by atoms with Gasteiger partial charge in [-0.15, -0.1) is 0 Å². The summed E-state index contributed by atoms with van der Waals surface area (Å²) in [5.41, 5.74) is 9.06. The number of fused-ring (bicyclic) bond motifs is 1. The molecule has 1 fully saturated rings. The molecule has 3 rings (SSSR count). The van der Waals surface area contributed by atoms with Crippen LogP contribution in [0, 0.1) is 11.8 Å². The highest BCUT2D eigenvalue weighted by atomic mass is 15.1. The van der Waals surface area contributed by atoms with Crippen LogP contribution in [0.4, 0.5) is 5.69 Å². The molecule has 3 atom stereocenters. The Kier molecular flexibility index (Phi) is 3.92. The van der Waals surface area contributed by atoms with Gasteiger partial charge < -0.3 is 10.3 Å². The smallest absolute Gasteiger partial charge is 0.110 e. The van der Waals surface area contributed by atoms with E-state index in [1.165, 1.54) is 30.6 Å². The Balaban J connectivity index is 2.12. The van der Waals surface area contributed by atoms with Gasteiger partial charge in [0.1, 0.15) is 5.82 Å². The van der Waals surface area contributed by atoms with E-state index in [2.05, 4.69) is 31.4 Å². The topological polar surface area (TPSA) is 43.8 Å². The van der Waals surface area contributed by atoms with Gasteiger partial charge in [0.05, 0.1) is 11.0 Å². The van der Waals surface area contributed by atoms with E-state index in [0.29, 0.717) is 12.0 Å². The van der Waals surface area contributed by atoms with Crippen molar-refractivity contribution in [1.82, 2.24) is 9.55 Å². The van der Waals surface area contributed by atoms with Gasteiger partial charge in [0, 0.05) is 18.2 Å². The van der Waals surface area contributed by atoms with E-state index in [4.69, 9.17) is 10.7 Å². The first kappa shape index (κ1) is 14.4. The lowest BCUT2D eigenvalue weighted by molar-refractivity contribution is 0.186. The average Bonchev–Trinajstić information content (AvgIpc) is 2.79. The minimum Gasteiger partial charge on any atom is -0.399 e. The first-order valence-electron chi connectivity index (χ1n) is 8.38. The van der Waals surface area contributed by atoms with E-state index in [-0.39, 0.29) is 0 Å². The zero-order chi connectivity index (χ0) is 15.0. The van der Waals surface area contributed by atoms with Crippen LogP contribution in [0.25, 0.3) is 11.0 Å². The van der Waals surface area contributed by atoms with Gasteiger partial charge in [0.15, 0.2) is 0 Å². The molecule has 1 aromatic heterocycles. The fourth-order valence-corrected chi connectivity index (χ4v) is 3.85. The van der Waals surface area contributed by atoms with Crippen LogP contribution in [0.5, 0.6) is 0 Å². The Morgan fingerprint density at radius 3 is 2.86 bits per heavy atom. The largest absolute Gasteiger partial charge is 0.399 e. The molecule has 0 bridgehead atoms. The summed E-state index contributed by atoms with van der Waals surface area (Å²) in [6.07, 6.45) is 6.15. The zero-order valence-corrected chi connectivity index (χ0v) is 13.5. The van der Waals surface area contributed by atoms with Crippen molar-refractivity contribution >= 4 is 16.7 Å². The van der Waals surface area contributed by atoms with Crippen molar-refractivity contribution in [2.45, 2.75) is 58.9 Å². The van der Waals surface area contributed by atoms with E-state index in [1.54, 1.807) is 0 Å². The lowest BCUT2D eigenvalue weighted by Gasteiger charge is -2.36. The number of aromatic nitrogens is 2. The van der Waals surface area contributed by atoms with Crippen LogP contribution in [-0.4, -0.2) is 9.55 Å². The van der Waals surface area contributed by atoms with Gasteiger partial charge in [-0.3, -0.25) is 0 Å². The Hall–Kier alpha value is -1.51. The third kappa shape index (κ3) is 2.54. The number of hydrogen-bond donors (Lipinski definition) is 1. The van der Waals surface area contributed by atoms with E-state index >= 15 is 0 Å². The van der Waals surface area contributed by atoms with Crippen molar-refractivity contribution in [1.29, 1.82) is 0 Å². The van der Waals surface area contributed by atoms with Gasteiger partial charge in [-0.05, 0) is 42.9 Å². The maximum absolute atomic E-state index is 5.94. The maximum Gasteiger partial charge on any atom is 0.110 e. The SMILES string of the molecule is CCCc1nc2cc(N)ccc2n1C1CCCC(C)C1C. The Labute approximate surface area is 127 Å². The number of nitrogen functional groups attached to an aromatic ring is 1. The minimum atomic E-state index is 0.587. The molecular weight excluding hydrogens is 258 g/mol. The van der Waals surface area contributed by atoms with Crippen molar-refractivity contribution in [3.63, 3.8) is 0 Å². The Morgan fingerprint density at radius 2 is 2.10 bits per heavy atom. The second kappa shape index (κ2) is 5.70. The monoisotopic (exact) mass is 285 g/mol. The molecule has 1 saturated carbocycles. The number of anilines is 1. The molecule has 21 heavy (non-hydrogen) atoms. The van der Waals surface area contributed by atoms with E-state index in [9.17, 15) is 0 Å². The number of benzene rings is 1. The molecule has 0 saturated heterocycles. The number of nitrogens with zero attached hydrogens (tertiary/aromatic N) is 2. The molecule has 0 radical (unpaired) electrons. The summed E-state index contributed by atoms with van der Waals surface area (Å²) in [7, 11) is 0. The first-order valence-corrected chi connectivity index (χ1v) is 8.38. The molecule has 1 aliphatic carbocycles. The summed E-state index contributed by atoms with van der Waals surface area (Å²) in [6.45, 7) is 7.03. The fraction of sp³-hybridized carbons (Fsp3) is 0.611. The molecule has 3 heteroatoms. The molecular formula is C18H27N3. The highest BCUT2D eigenvalue weighted by molar-refractivity contribution is 5.79. The second-order valence-electron chi connectivity index (χ2n) is 6.73. The molecule has 2 N–H and O–H groups in total. The third-order valence-electron chi connectivity index (χ3n) is 5.26. The molecule has 1 aliphatic rings. The molecule has 1 aromatic carbocycles. The predicted octanol–water partition coefficient (Wildman–Crippen LogP) is 4.57. The fourth-order valence-electron chi connectivity index (χ4n) is 3.85. The summed E-state index contributed by atoms with van der Waals surface area (Å²) in [4.78, 5) is 4.88. The quantitative estimate of drug-likeness (QED) is 0.840. The minimum absolute atomic E-state index is 0.587. The van der Waals surface area contributed by atoms with Crippen molar-refractivity contribution in [3.05, 3.63) is 24.0 Å². The van der Waals surface area contributed by atoms with Crippen molar-refractivity contribution < 1.29 is 0 Å². The van der Waals surface area contributed by atoms with Crippen LogP contribution < -0.4 is 5.73 Å². The second-order valence-corrected chi connectivity index (χ2v) is 6.73. The molecule has 1 heterocycles. The third-order valence-corrected chi connectivity index (χ3v) is 5.26. The molecule has 0 amide bonds. The lowest BCUT2D eigenvalue weighted by Crippen LogP contribution is -2.28. The zero-order valence-electron chi connectivity index (χ0n) is 13.5. The van der Waals surface area contributed by atoms with Gasteiger partial charge in [-0.1, -0.05) is 33.6 Å². The molecule has 0 spiro atoms. The number of imidazole rings is 1. The van der Waals surface area contributed by atoms with Gasteiger partial charge in [-0.2, -0.15) is 0 Å². The molecule has 3 unspecified atom stereocenters. The molecule has 0 aliphatic heterocycles. The van der Waals surface area contributed by atoms with Crippen molar-refractivity contribution in [3.8, 4) is 0 Å². The molecule has 2 aromatic rings. The predicted molar refractivity (Wildman–Crippen MR) is 89.4 cm³/mol. The lowest BCUT2D eigenvalue weighted by atomic mass is 9.77. The number of hydrogen-bond acceptors (Lipinski definition) is 2. The number of nitrogens with two attached hydrogens (primary N) is 1. The standard InChI is InChI=1S/C18H27N3/c1-4-6-18-20-15-11-14(19)9-10-17(15)21(18)16-8-5-7-12(2)13(16)3/h9-13,16H,4-8,19H2,1-3H3. The van der Waals surface area contributed by atoms with E-state index < -0.39 is 0 Å². The number of aryl methyl sites for hydroxylation is 1. The van der Waals surface area contributed by atoms with Gasteiger partial charge >= 0.3 is 0 Å². The van der Waals surface area contributed by atoms with Crippen molar-refractivity contribution in [2.24, 2.45) is 11.8 Å². The summed E-state index contributed by atoms with van der Waals surface area (Å²) < 4.78 is 2.53. The molecule has 114 valence electrons. The Morgan fingerprint density at radius 1 is 1.29 bits per heavy atom. The average molecular weight is 285 g/mol. The summed E-state index contributed by atoms with van der Waals surface area (Å²) >= 11 is 0. The van der Waals surface area contributed by atoms with Crippen LogP contribution in [0.3, 0.4) is 0 Å². The first-order chi connectivity index (χ1) is 10.1. The normalized spacial score (nSPS) is 26.3. The van der Waals surface area contributed by atoms with Gasteiger partial charge in [-0.25, -0.2) is 4.98 Å². The van der Waals surface area contributed by atoms with Crippen LogP contribution in [0.2, 0.25) is 0 Å². The maximum atomic E-state index is 5.94. The highest BCUT2D eigenvalue weighted by Crippen LogP contribution is 2.40. The summed E-state index contributed by atoms with van der Waals surface area (Å²) in [5.74, 6) is 2.75. The van der Waals surface area contributed by atoms with Crippen LogP contribution in [0.1, 0.15) is 58.3 Å². The van der Waals surface area contributed by atoms with Gasteiger partial charge in [0.2, 0.25) is 0 Å². The highest BCUT2D eigenvalue weighted by Gasteiger charge is 2.30. The summed E-state index contributed by atoms with van der Waals surface area (Å²) in [6, 6.07) is 6.77. The van der Waals surface area contributed by atoms with Gasteiger partial charge in [0.25, 0.3) is 0 Å². The van der Waals surface area contributed by atoms with Crippen LogP contribution in [0.15, 0.2) is 18.2 Å².